The molecule has 1 aromatic heterocycles. The first-order valence-corrected chi connectivity index (χ1v) is 9.91. The predicted molar refractivity (Wildman–Crippen MR) is 93.4 cm³/mol. The number of carboxylic acid groups (broad SMARTS) is 1. The maximum Gasteiger partial charge on any atom is 0.335 e. The van der Waals surface area contributed by atoms with E-state index in [-0.39, 0.29) is 15.7 Å². The number of nitrogens with one attached hydrogen (secondary N) is 1. The van der Waals surface area contributed by atoms with E-state index in [0.717, 1.165) is 23.2 Å². The van der Waals surface area contributed by atoms with E-state index in [1.807, 2.05) is 0 Å². The highest BCUT2D eigenvalue weighted by molar-refractivity contribution is 7.92. The van der Waals surface area contributed by atoms with Gasteiger partial charge in [0.25, 0.3) is 5.91 Å². The standard InChI is InChI=1S/C16H17NO6S2/c1-23-12-9-11(16(19)20)4-3-10(12)7-8-17-15(18)13-5-6-14(24-13)25(2,21)22/h3-6,9H,7-8H2,1-2H3,(H,17,18)(H,19,20). The molecule has 0 saturated carbocycles. The van der Waals surface area contributed by atoms with Crippen molar-refractivity contribution in [3.63, 3.8) is 0 Å². The van der Waals surface area contributed by atoms with Gasteiger partial charge in [0.05, 0.1) is 17.6 Å². The minimum Gasteiger partial charge on any atom is -0.496 e. The van der Waals surface area contributed by atoms with Crippen molar-refractivity contribution in [2.45, 2.75) is 10.6 Å². The highest BCUT2D eigenvalue weighted by Gasteiger charge is 2.15. The summed E-state index contributed by atoms with van der Waals surface area (Å²) in [5.74, 6) is -0.969. The van der Waals surface area contributed by atoms with Gasteiger partial charge in [-0.3, -0.25) is 4.79 Å². The number of ether oxygens (including phenoxy) is 1. The van der Waals surface area contributed by atoms with E-state index in [4.69, 9.17) is 9.84 Å². The summed E-state index contributed by atoms with van der Waals surface area (Å²) in [6.45, 7) is 0.299. The monoisotopic (exact) mass is 383 g/mol. The molecular formula is C16H17NO6S2. The minimum atomic E-state index is -3.33. The van der Waals surface area contributed by atoms with Crippen molar-refractivity contribution >= 4 is 33.1 Å². The van der Waals surface area contributed by atoms with Crippen LogP contribution in [0.3, 0.4) is 0 Å². The lowest BCUT2D eigenvalue weighted by Gasteiger charge is -2.10. The molecule has 25 heavy (non-hydrogen) atoms. The van der Waals surface area contributed by atoms with E-state index >= 15 is 0 Å². The molecule has 1 aromatic carbocycles. The third-order valence-corrected chi connectivity index (χ3v) is 6.29. The van der Waals surface area contributed by atoms with Crippen LogP contribution >= 0.6 is 11.3 Å². The lowest BCUT2D eigenvalue weighted by atomic mass is 10.1. The maximum absolute atomic E-state index is 12.1. The second-order valence-electron chi connectivity index (χ2n) is 5.23. The van der Waals surface area contributed by atoms with E-state index in [9.17, 15) is 18.0 Å². The van der Waals surface area contributed by atoms with Gasteiger partial charge in [-0.05, 0) is 36.2 Å². The van der Waals surface area contributed by atoms with Crippen molar-refractivity contribution in [2.24, 2.45) is 0 Å². The van der Waals surface area contributed by atoms with Crippen LogP contribution in [0.25, 0.3) is 0 Å². The second kappa shape index (κ2) is 7.66. The van der Waals surface area contributed by atoms with Gasteiger partial charge in [-0.1, -0.05) is 6.07 Å². The van der Waals surface area contributed by atoms with Gasteiger partial charge in [-0.2, -0.15) is 0 Å². The summed E-state index contributed by atoms with van der Waals surface area (Å²) in [7, 11) is -1.88. The van der Waals surface area contributed by atoms with Crippen LogP contribution in [0.1, 0.15) is 25.6 Å². The minimum absolute atomic E-state index is 0.122. The molecule has 2 N–H and O–H groups in total. The molecule has 0 radical (unpaired) electrons. The summed E-state index contributed by atoms with van der Waals surface area (Å²) in [5, 5.41) is 11.7. The number of methoxy groups -OCH3 is 1. The van der Waals surface area contributed by atoms with Gasteiger partial charge in [0.2, 0.25) is 0 Å². The van der Waals surface area contributed by atoms with Crippen LogP contribution in [0.2, 0.25) is 0 Å². The van der Waals surface area contributed by atoms with Gasteiger partial charge < -0.3 is 15.2 Å². The molecule has 0 atom stereocenters. The molecule has 0 spiro atoms. The Morgan fingerprint density at radius 1 is 1.24 bits per heavy atom. The molecule has 2 aromatic rings. The molecule has 0 saturated heterocycles. The molecule has 9 heteroatoms. The molecule has 1 amide bonds. The van der Waals surface area contributed by atoms with Gasteiger partial charge in [-0.25, -0.2) is 13.2 Å². The quantitative estimate of drug-likeness (QED) is 0.755. The first kappa shape index (κ1) is 18.9. The summed E-state index contributed by atoms with van der Waals surface area (Å²) in [6.07, 6.45) is 1.53. The van der Waals surface area contributed by atoms with E-state index < -0.39 is 15.8 Å². The predicted octanol–water partition coefficient (Wildman–Crippen LogP) is 1.83. The molecule has 1 heterocycles. The number of carbonyl (C=O) groups is 2. The van der Waals surface area contributed by atoms with E-state index in [1.54, 1.807) is 6.07 Å². The van der Waals surface area contributed by atoms with Crippen LogP contribution in [0.4, 0.5) is 0 Å². The first-order chi connectivity index (χ1) is 11.7. The zero-order chi connectivity index (χ0) is 18.6. The fraction of sp³-hybridized carbons (Fsp3) is 0.250. The number of amides is 1. The van der Waals surface area contributed by atoms with Crippen molar-refractivity contribution < 1.29 is 27.9 Å². The van der Waals surface area contributed by atoms with Gasteiger partial charge in [0.15, 0.2) is 9.84 Å². The molecule has 0 aliphatic rings. The van der Waals surface area contributed by atoms with Crippen molar-refractivity contribution in [3.05, 3.63) is 46.3 Å². The number of sulfone groups is 1. The van der Waals surface area contributed by atoms with Crippen molar-refractivity contribution in [1.82, 2.24) is 5.32 Å². The van der Waals surface area contributed by atoms with Gasteiger partial charge >= 0.3 is 5.97 Å². The highest BCUT2D eigenvalue weighted by Crippen LogP contribution is 2.22. The van der Waals surface area contributed by atoms with E-state index in [0.29, 0.717) is 23.6 Å². The Morgan fingerprint density at radius 3 is 2.52 bits per heavy atom. The number of rotatable bonds is 7. The van der Waals surface area contributed by atoms with Crippen molar-refractivity contribution in [3.8, 4) is 5.75 Å². The van der Waals surface area contributed by atoms with Crippen LogP contribution in [-0.2, 0) is 16.3 Å². The van der Waals surface area contributed by atoms with Crippen molar-refractivity contribution in [2.75, 3.05) is 19.9 Å². The first-order valence-electron chi connectivity index (χ1n) is 7.20. The number of carboxylic acids is 1. The van der Waals surface area contributed by atoms with Crippen LogP contribution in [0, 0.1) is 0 Å². The molecule has 2 rings (SSSR count). The van der Waals surface area contributed by atoms with Crippen LogP contribution in [-0.4, -0.2) is 45.3 Å². The number of aromatic carboxylic acids is 1. The number of carbonyl (C=O) groups excluding carboxylic acids is 1. The lowest BCUT2D eigenvalue weighted by molar-refractivity contribution is 0.0696. The topological polar surface area (TPSA) is 110 Å². The average Bonchev–Trinajstić information content (AvgIpc) is 3.05. The fourth-order valence-corrected chi connectivity index (χ4v) is 3.97. The number of benzene rings is 1. The third-order valence-electron chi connectivity index (χ3n) is 3.38. The molecule has 0 bridgehead atoms. The van der Waals surface area contributed by atoms with Crippen LogP contribution in [0.15, 0.2) is 34.5 Å². The number of hydrogen-bond acceptors (Lipinski definition) is 6. The van der Waals surface area contributed by atoms with Crippen LogP contribution < -0.4 is 10.1 Å². The smallest absolute Gasteiger partial charge is 0.335 e. The Morgan fingerprint density at radius 2 is 1.96 bits per heavy atom. The molecular weight excluding hydrogens is 366 g/mol. The summed E-state index contributed by atoms with van der Waals surface area (Å²) < 4.78 is 28.2. The Bertz CT molecular complexity index is 901. The molecule has 0 unspecified atom stereocenters. The Kier molecular flexibility index (Phi) is 5.81. The lowest BCUT2D eigenvalue weighted by Crippen LogP contribution is -2.25. The maximum atomic E-state index is 12.1. The van der Waals surface area contributed by atoms with Crippen LogP contribution in [0.5, 0.6) is 5.75 Å². The molecule has 134 valence electrons. The SMILES string of the molecule is COc1cc(C(=O)O)ccc1CCNC(=O)c1ccc(S(C)(=O)=O)s1. The Labute approximate surface area is 149 Å². The molecule has 7 nitrogen and oxygen atoms in total. The van der Waals surface area contributed by atoms with Gasteiger partial charge in [0, 0.05) is 12.8 Å². The Balaban J connectivity index is 1.99. The summed E-state index contributed by atoms with van der Waals surface area (Å²) in [5.41, 5.74) is 0.882. The van der Waals surface area contributed by atoms with E-state index in [2.05, 4.69) is 5.32 Å². The largest absolute Gasteiger partial charge is 0.496 e. The molecule has 0 fully saturated rings. The summed E-state index contributed by atoms with van der Waals surface area (Å²) >= 11 is 0.917. The molecule has 0 aliphatic carbocycles. The molecule has 0 aliphatic heterocycles. The van der Waals surface area contributed by atoms with Gasteiger partial charge in [-0.15, -0.1) is 11.3 Å². The zero-order valence-corrected chi connectivity index (χ0v) is 15.2. The van der Waals surface area contributed by atoms with E-state index in [1.165, 1.54) is 31.4 Å². The normalized spacial score (nSPS) is 11.1. The number of thiophene rings is 1. The van der Waals surface area contributed by atoms with Crippen molar-refractivity contribution in [1.29, 1.82) is 0 Å². The Hall–Kier alpha value is -2.39. The summed E-state index contributed by atoms with van der Waals surface area (Å²) in [4.78, 5) is 23.3. The third kappa shape index (κ3) is 4.80. The summed E-state index contributed by atoms with van der Waals surface area (Å²) in [6, 6.07) is 7.42. The second-order valence-corrected chi connectivity index (χ2v) is 8.55. The highest BCUT2D eigenvalue weighted by atomic mass is 32.2. The average molecular weight is 383 g/mol. The zero-order valence-electron chi connectivity index (χ0n) is 13.6. The number of hydrogen-bond donors (Lipinski definition) is 2. The van der Waals surface area contributed by atoms with Gasteiger partial charge in [0.1, 0.15) is 9.96 Å². The fourth-order valence-electron chi connectivity index (χ4n) is 2.12.